The normalized spacial score (nSPS) is 13.6. The fraction of sp³-hybridized carbons (Fsp3) is 0.462. The van der Waals surface area contributed by atoms with Gasteiger partial charge in [0.05, 0.1) is 20.3 Å². The zero-order valence-electron chi connectivity index (χ0n) is 11.0. The third-order valence-corrected chi connectivity index (χ3v) is 2.82. The molecule has 0 spiro atoms. The third-order valence-electron chi connectivity index (χ3n) is 2.62. The number of nitrogens with one attached hydrogen (secondary N) is 1. The third kappa shape index (κ3) is 3.53. The second-order valence-electron chi connectivity index (χ2n) is 3.95. The molecular weight excluding hydrogens is 254 g/mol. The van der Waals surface area contributed by atoms with Crippen LogP contribution in [0.5, 0.6) is 11.5 Å². The average Bonchev–Trinajstić information content (AvgIpc) is 2.37. The maximum Gasteiger partial charge on any atom is 0.238 e. The molecule has 0 aliphatic heterocycles. The number of amides is 1. The number of rotatable bonds is 5. The number of benzene rings is 1. The van der Waals surface area contributed by atoms with Crippen LogP contribution in [0, 0.1) is 0 Å². The van der Waals surface area contributed by atoms with E-state index in [0.717, 1.165) is 5.56 Å². The summed E-state index contributed by atoms with van der Waals surface area (Å²) >= 11 is 5.72. The van der Waals surface area contributed by atoms with Crippen molar-refractivity contribution in [1.82, 2.24) is 5.32 Å². The van der Waals surface area contributed by atoms with E-state index in [2.05, 4.69) is 5.32 Å². The Kier molecular flexibility index (Phi) is 5.28. The van der Waals surface area contributed by atoms with Gasteiger partial charge in [0.1, 0.15) is 16.9 Å². The smallest absolute Gasteiger partial charge is 0.238 e. The number of hydrogen-bond acceptors (Lipinski definition) is 3. The van der Waals surface area contributed by atoms with Crippen molar-refractivity contribution in [3.8, 4) is 11.5 Å². The first-order valence-electron chi connectivity index (χ1n) is 5.66. The minimum Gasteiger partial charge on any atom is -0.497 e. The predicted octanol–water partition coefficient (Wildman–Crippen LogP) is 2.51. The maximum absolute atomic E-state index is 11.6. The van der Waals surface area contributed by atoms with Gasteiger partial charge in [-0.1, -0.05) is 0 Å². The Morgan fingerprint density at radius 3 is 2.44 bits per heavy atom. The Morgan fingerprint density at radius 1 is 1.28 bits per heavy atom. The van der Waals surface area contributed by atoms with E-state index >= 15 is 0 Å². The molecule has 0 bridgehead atoms. The molecule has 0 aliphatic rings. The number of carbonyl (C=O) groups is 1. The van der Waals surface area contributed by atoms with Gasteiger partial charge < -0.3 is 14.8 Å². The Bertz CT molecular complexity index is 421. The molecule has 1 aromatic rings. The standard InChI is InChI=1S/C13H18ClNO3/c1-8(14)13(16)15-9(2)11-7-10(17-3)5-6-12(11)18-4/h5-9H,1-4H3,(H,15,16)/t8-,9-/m0/s1. The van der Waals surface area contributed by atoms with E-state index in [1.165, 1.54) is 0 Å². The SMILES string of the molecule is COc1ccc(OC)c([C@H](C)NC(=O)[C@H](C)Cl)c1. The van der Waals surface area contributed by atoms with Crippen LogP contribution >= 0.6 is 11.6 Å². The minimum absolute atomic E-state index is 0.205. The summed E-state index contributed by atoms with van der Waals surface area (Å²) in [6.45, 7) is 3.50. The van der Waals surface area contributed by atoms with E-state index in [1.54, 1.807) is 33.3 Å². The molecule has 0 unspecified atom stereocenters. The number of ether oxygens (including phenoxy) is 2. The monoisotopic (exact) mass is 271 g/mol. The van der Waals surface area contributed by atoms with E-state index < -0.39 is 5.38 Å². The quantitative estimate of drug-likeness (QED) is 0.837. The molecule has 0 aliphatic carbocycles. The van der Waals surface area contributed by atoms with Crippen molar-refractivity contribution in [2.45, 2.75) is 25.3 Å². The highest BCUT2D eigenvalue weighted by Gasteiger charge is 2.17. The molecule has 0 aromatic heterocycles. The first kappa shape index (κ1) is 14.6. The summed E-state index contributed by atoms with van der Waals surface area (Å²) in [6.07, 6.45) is 0. The highest BCUT2D eigenvalue weighted by Crippen LogP contribution is 2.29. The van der Waals surface area contributed by atoms with Gasteiger partial charge in [0.2, 0.25) is 5.91 Å². The van der Waals surface area contributed by atoms with E-state index in [0.29, 0.717) is 11.5 Å². The Morgan fingerprint density at radius 2 is 1.94 bits per heavy atom. The summed E-state index contributed by atoms with van der Waals surface area (Å²) in [5.41, 5.74) is 0.850. The van der Waals surface area contributed by atoms with Gasteiger partial charge in [-0.25, -0.2) is 0 Å². The van der Waals surface area contributed by atoms with Gasteiger partial charge in [-0.05, 0) is 32.0 Å². The van der Waals surface area contributed by atoms with Crippen LogP contribution in [0.1, 0.15) is 25.5 Å². The summed E-state index contributed by atoms with van der Waals surface area (Å²) in [5, 5.41) is 2.25. The molecule has 1 amide bonds. The van der Waals surface area contributed by atoms with Crippen LogP contribution in [0.3, 0.4) is 0 Å². The largest absolute Gasteiger partial charge is 0.497 e. The second kappa shape index (κ2) is 6.50. The molecule has 0 heterocycles. The molecule has 1 rings (SSSR count). The first-order chi connectivity index (χ1) is 8.49. The van der Waals surface area contributed by atoms with Crippen molar-refractivity contribution in [3.63, 3.8) is 0 Å². The average molecular weight is 272 g/mol. The number of hydrogen-bond donors (Lipinski definition) is 1. The van der Waals surface area contributed by atoms with Crippen LogP contribution in [0.2, 0.25) is 0 Å². The van der Waals surface area contributed by atoms with Gasteiger partial charge in [0.15, 0.2) is 0 Å². The molecule has 2 atom stereocenters. The molecule has 0 radical (unpaired) electrons. The summed E-state index contributed by atoms with van der Waals surface area (Å²) in [7, 11) is 3.18. The van der Waals surface area contributed by atoms with Gasteiger partial charge in [0, 0.05) is 5.56 Å². The molecule has 0 saturated carbocycles. The molecule has 18 heavy (non-hydrogen) atoms. The van der Waals surface area contributed by atoms with Crippen molar-refractivity contribution in [1.29, 1.82) is 0 Å². The summed E-state index contributed by atoms with van der Waals surface area (Å²) in [5.74, 6) is 1.20. The number of carbonyl (C=O) groups excluding carboxylic acids is 1. The van der Waals surface area contributed by atoms with Gasteiger partial charge in [0.25, 0.3) is 0 Å². The van der Waals surface area contributed by atoms with Crippen molar-refractivity contribution in [3.05, 3.63) is 23.8 Å². The van der Waals surface area contributed by atoms with Crippen molar-refractivity contribution >= 4 is 17.5 Å². The van der Waals surface area contributed by atoms with Gasteiger partial charge in [-0.15, -0.1) is 11.6 Å². The zero-order valence-corrected chi connectivity index (χ0v) is 11.7. The molecule has 5 heteroatoms. The lowest BCUT2D eigenvalue weighted by atomic mass is 10.1. The Hall–Kier alpha value is -1.42. The molecule has 4 nitrogen and oxygen atoms in total. The zero-order chi connectivity index (χ0) is 13.7. The fourth-order valence-electron chi connectivity index (χ4n) is 1.58. The molecule has 0 fully saturated rings. The van der Waals surface area contributed by atoms with E-state index in [-0.39, 0.29) is 11.9 Å². The highest BCUT2D eigenvalue weighted by atomic mass is 35.5. The van der Waals surface area contributed by atoms with Gasteiger partial charge in [-0.2, -0.15) is 0 Å². The lowest BCUT2D eigenvalue weighted by molar-refractivity contribution is -0.121. The molecule has 0 saturated heterocycles. The number of alkyl halides is 1. The van der Waals surface area contributed by atoms with E-state index in [1.807, 2.05) is 13.0 Å². The van der Waals surface area contributed by atoms with Crippen molar-refractivity contribution < 1.29 is 14.3 Å². The van der Waals surface area contributed by atoms with E-state index in [4.69, 9.17) is 21.1 Å². The van der Waals surface area contributed by atoms with Crippen molar-refractivity contribution in [2.75, 3.05) is 14.2 Å². The van der Waals surface area contributed by atoms with Crippen LogP contribution < -0.4 is 14.8 Å². The fourth-order valence-corrected chi connectivity index (χ4v) is 1.65. The van der Waals surface area contributed by atoms with E-state index in [9.17, 15) is 4.79 Å². The van der Waals surface area contributed by atoms with Crippen LogP contribution in [0.25, 0.3) is 0 Å². The topological polar surface area (TPSA) is 47.6 Å². The van der Waals surface area contributed by atoms with Crippen LogP contribution in [-0.2, 0) is 4.79 Å². The van der Waals surface area contributed by atoms with Crippen LogP contribution in [0.4, 0.5) is 0 Å². The number of halogens is 1. The number of methoxy groups -OCH3 is 2. The summed E-state index contributed by atoms with van der Waals surface area (Å²) in [6, 6.07) is 5.24. The van der Waals surface area contributed by atoms with Gasteiger partial charge in [-0.3, -0.25) is 4.79 Å². The first-order valence-corrected chi connectivity index (χ1v) is 6.09. The lowest BCUT2D eigenvalue weighted by Crippen LogP contribution is -2.32. The molecule has 1 aromatic carbocycles. The predicted molar refractivity (Wildman–Crippen MR) is 71.4 cm³/mol. The molecule has 100 valence electrons. The second-order valence-corrected chi connectivity index (χ2v) is 4.61. The molecular formula is C13H18ClNO3. The van der Waals surface area contributed by atoms with Gasteiger partial charge >= 0.3 is 0 Å². The highest BCUT2D eigenvalue weighted by molar-refractivity contribution is 6.30. The summed E-state index contributed by atoms with van der Waals surface area (Å²) in [4.78, 5) is 11.6. The Balaban J connectivity index is 2.95. The summed E-state index contributed by atoms with van der Waals surface area (Å²) < 4.78 is 10.4. The van der Waals surface area contributed by atoms with Crippen molar-refractivity contribution in [2.24, 2.45) is 0 Å². The lowest BCUT2D eigenvalue weighted by Gasteiger charge is -2.18. The maximum atomic E-state index is 11.6. The molecule has 1 N–H and O–H groups in total. The van der Waals surface area contributed by atoms with Crippen LogP contribution in [-0.4, -0.2) is 25.5 Å². The minimum atomic E-state index is -0.566. The van der Waals surface area contributed by atoms with Crippen LogP contribution in [0.15, 0.2) is 18.2 Å². The Labute approximate surface area is 112 Å².